The molecule has 2 nitrogen and oxygen atoms in total. The summed E-state index contributed by atoms with van der Waals surface area (Å²) in [4.78, 5) is 10.7. The molecule has 2 heteroatoms. The molecular formula is C8H11NO. The molecule has 1 N–H and O–H groups in total. The Morgan fingerprint density at radius 2 is 2.10 bits per heavy atom. The van der Waals surface area contributed by atoms with E-state index in [2.05, 4.69) is 6.58 Å². The summed E-state index contributed by atoms with van der Waals surface area (Å²) < 4.78 is 0. The van der Waals surface area contributed by atoms with Gasteiger partial charge in [0, 0.05) is 11.8 Å². The number of nitrogens with one attached hydrogen (secondary N) is 1. The van der Waals surface area contributed by atoms with Crippen molar-refractivity contribution in [2.75, 3.05) is 0 Å². The van der Waals surface area contributed by atoms with Crippen molar-refractivity contribution < 1.29 is 4.79 Å². The molecule has 0 saturated carbocycles. The Hall–Kier alpha value is -1.18. The van der Waals surface area contributed by atoms with Gasteiger partial charge < -0.3 is 5.41 Å². The van der Waals surface area contributed by atoms with Gasteiger partial charge in [-0.25, -0.2) is 0 Å². The first-order valence-electron chi connectivity index (χ1n) is 3.00. The number of carbonyl (C=O) groups excluding carboxylic acids is 1. The molecule has 0 fully saturated rings. The van der Waals surface area contributed by atoms with E-state index in [0.717, 1.165) is 6.21 Å². The Morgan fingerprint density at radius 1 is 1.60 bits per heavy atom. The number of hydrogen-bond donors (Lipinski definition) is 1. The molecule has 0 aliphatic carbocycles. The minimum absolute atomic E-state index is 0.0865. The minimum atomic E-state index is -0.0865. The van der Waals surface area contributed by atoms with E-state index < -0.39 is 0 Å². The Kier molecular flexibility index (Phi) is 3.33. The van der Waals surface area contributed by atoms with Crippen molar-refractivity contribution >= 4 is 12.0 Å². The Balaban J connectivity index is 4.48. The predicted molar refractivity (Wildman–Crippen MR) is 42.4 cm³/mol. The molecule has 0 amide bonds. The van der Waals surface area contributed by atoms with Gasteiger partial charge >= 0.3 is 0 Å². The lowest BCUT2D eigenvalue weighted by molar-refractivity contribution is -0.113. The smallest absolute Gasteiger partial charge is 0.159 e. The highest BCUT2D eigenvalue weighted by Crippen LogP contribution is 2.04. The molecule has 0 aromatic heterocycles. The van der Waals surface area contributed by atoms with E-state index in [-0.39, 0.29) is 5.78 Å². The molecule has 0 heterocycles. The Labute approximate surface area is 60.8 Å². The second-order valence-corrected chi connectivity index (χ2v) is 1.92. The maximum Gasteiger partial charge on any atom is 0.159 e. The van der Waals surface area contributed by atoms with E-state index in [1.807, 2.05) is 0 Å². The van der Waals surface area contributed by atoms with Crippen LogP contribution < -0.4 is 0 Å². The number of Topliss-reactive ketones (excluding diaryl/α,β-unsaturated/α-hetero) is 1. The molecule has 0 atom stereocenters. The van der Waals surface area contributed by atoms with Gasteiger partial charge in [-0.15, -0.1) is 0 Å². The summed E-state index contributed by atoms with van der Waals surface area (Å²) in [6, 6.07) is 0. The molecule has 0 rings (SSSR count). The zero-order valence-corrected chi connectivity index (χ0v) is 6.27. The maximum atomic E-state index is 10.7. The van der Waals surface area contributed by atoms with Crippen molar-refractivity contribution in [3.8, 4) is 0 Å². The molecule has 54 valence electrons. The lowest BCUT2D eigenvalue weighted by atomic mass is 10.1. The van der Waals surface area contributed by atoms with Crippen LogP contribution in [0.1, 0.15) is 13.8 Å². The van der Waals surface area contributed by atoms with Gasteiger partial charge in [0.15, 0.2) is 5.78 Å². The highest BCUT2D eigenvalue weighted by molar-refractivity contribution is 6.04. The summed E-state index contributed by atoms with van der Waals surface area (Å²) in [7, 11) is 0. The molecule has 0 bridgehead atoms. The van der Waals surface area contributed by atoms with Crippen LogP contribution in [0.15, 0.2) is 23.8 Å². The van der Waals surface area contributed by atoms with Crippen molar-refractivity contribution in [3.63, 3.8) is 0 Å². The third-order valence-electron chi connectivity index (χ3n) is 1.24. The van der Waals surface area contributed by atoms with E-state index in [1.165, 1.54) is 6.92 Å². The Morgan fingerprint density at radius 3 is 2.20 bits per heavy atom. The van der Waals surface area contributed by atoms with Crippen molar-refractivity contribution in [1.82, 2.24) is 0 Å². The van der Waals surface area contributed by atoms with Crippen LogP contribution in [0.3, 0.4) is 0 Å². The average molecular weight is 137 g/mol. The topological polar surface area (TPSA) is 40.9 Å². The first-order valence-corrected chi connectivity index (χ1v) is 3.00. The lowest BCUT2D eigenvalue weighted by Gasteiger charge is -1.97. The van der Waals surface area contributed by atoms with E-state index in [4.69, 9.17) is 5.41 Å². The predicted octanol–water partition coefficient (Wildman–Crippen LogP) is 1.73. The van der Waals surface area contributed by atoms with Gasteiger partial charge in [0.05, 0.1) is 0 Å². The molecule has 0 spiro atoms. The number of allylic oxidation sites excluding steroid dienone is 3. The Bertz CT molecular complexity index is 201. The number of ketones is 1. The van der Waals surface area contributed by atoms with E-state index in [1.54, 1.807) is 13.0 Å². The third kappa shape index (κ3) is 1.97. The van der Waals surface area contributed by atoms with Crippen LogP contribution in [0, 0.1) is 5.41 Å². The van der Waals surface area contributed by atoms with Crippen molar-refractivity contribution in [2.45, 2.75) is 13.8 Å². The van der Waals surface area contributed by atoms with Crippen LogP contribution in [-0.2, 0) is 4.79 Å². The second-order valence-electron chi connectivity index (χ2n) is 1.92. The van der Waals surface area contributed by atoms with Crippen LogP contribution in [0.25, 0.3) is 0 Å². The highest BCUT2D eigenvalue weighted by Gasteiger charge is 2.02. The maximum absolute atomic E-state index is 10.7. The molecule has 10 heavy (non-hydrogen) atoms. The van der Waals surface area contributed by atoms with Gasteiger partial charge in [-0.2, -0.15) is 0 Å². The van der Waals surface area contributed by atoms with Crippen molar-refractivity contribution in [1.29, 1.82) is 5.41 Å². The standard InChI is InChI=1S/C8H11NO/c1-4-8(5-9)6(2)7(3)10/h4-5,9H,2H2,1,3H3/b8-4+,9-5?. The molecule has 0 saturated heterocycles. The highest BCUT2D eigenvalue weighted by atomic mass is 16.1. The van der Waals surface area contributed by atoms with E-state index in [0.29, 0.717) is 11.1 Å². The van der Waals surface area contributed by atoms with Gasteiger partial charge in [-0.1, -0.05) is 12.7 Å². The summed E-state index contributed by atoms with van der Waals surface area (Å²) >= 11 is 0. The molecular weight excluding hydrogens is 126 g/mol. The van der Waals surface area contributed by atoms with Gasteiger partial charge in [0.2, 0.25) is 0 Å². The third-order valence-corrected chi connectivity index (χ3v) is 1.24. The normalized spacial score (nSPS) is 10.8. The zero-order valence-electron chi connectivity index (χ0n) is 6.27. The fraction of sp³-hybridized carbons (Fsp3) is 0.250. The minimum Gasteiger partial charge on any atom is -0.308 e. The molecule has 0 aliphatic heterocycles. The van der Waals surface area contributed by atoms with Crippen LogP contribution in [0.4, 0.5) is 0 Å². The van der Waals surface area contributed by atoms with Crippen LogP contribution in [-0.4, -0.2) is 12.0 Å². The largest absolute Gasteiger partial charge is 0.308 e. The second kappa shape index (κ2) is 3.77. The van der Waals surface area contributed by atoms with Gasteiger partial charge in [0.25, 0.3) is 0 Å². The van der Waals surface area contributed by atoms with Crippen molar-refractivity contribution in [3.05, 3.63) is 23.8 Å². The first-order chi connectivity index (χ1) is 4.63. The fourth-order valence-corrected chi connectivity index (χ4v) is 0.548. The molecule has 0 aliphatic rings. The van der Waals surface area contributed by atoms with Crippen molar-refractivity contribution in [2.24, 2.45) is 0 Å². The summed E-state index contributed by atoms with van der Waals surface area (Å²) in [6.07, 6.45) is 2.82. The molecule has 0 aromatic rings. The van der Waals surface area contributed by atoms with Gasteiger partial charge in [0.1, 0.15) is 0 Å². The summed E-state index contributed by atoms with van der Waals surface area (Å²) in [5, 5.41) is 6.88. The van der Waals surface area contributed by atoms with Gasteiger partial charge in [-0.05, 0) is 19.4 Å². The summed E-state index contributed by atoms with van der Waals surface area (Å²) in [6.45, 7) is 6.74. The number of hydrogen-bond acceptors (Lipinski definition) is 2. The van der Waals surface area contributed by atoms with Gasteiger partial charge in [-0.3, -0.25) is 4.79 Å². The lowest BCUT2D eigenvalue weighted by Crippen LogP contribution is -1.98. The summed E-state index contributed by atoms with van der Waals surface area (Å²) in [5.41, 5.74) is 0.991. The number of rotatable bonds is 3. The molecule has 0 aromatic carbocycles. The van der Waals surface area contributed by atoms with Crippen LogP contribution in [0.2, 0.25) is 0 Å². The number of carbonyl (C=O) groups is 1. The average Bonchev–Trinajstić information content (AvgIpc) is 1.90. The van der Waals surface area contributed by atoms with E-state index in [9.17, 15) is 4.79 Å². The zero-order chi connectivity index (χ0) is 8.15. The summed E-state index contributed by atoms with van der Waals surface area (Å²) in [5.74, 6) is -0.0865. The van der Waals surface area contributed by atoms with E-state index >= 15 is 0 Å². The van der Waals surface area contributed by atoms with Crippen LogP contribution in [0.5, 0.6) is 0 Å². The molecule has 0 unspecified atom stereocenters. The quantitative estimate of drug-likeness (QED) is 0.359. The monoisotopic (exact) mass is 137 g/mol. The fourth-order valence-electron chi connectivity index (χ4n) is 0.548. The first kappa shape index (κ1) is 8.82. The molecule has 0 radical (unpaired) electrons. The van der Waals surface area contributed by atoms with Crippen LogP contribution >= 0.6 is 0 Å². The SMILES string of the molecule is C=C(C(C)=O)/C(C=N)=C/C.